The summed E-state index contributed by atoms with van der Waals surface area (Å²) in [5.74, 6) is -0.922. The predicted molar refractivity (Wildman–Crippen MR) is 112 cm³/mol. The summed E-state index contributed by atoms with van der Waals surface area (Å²) in [6, 6.07) is 21.4. The molecule has 0 aliphatic heterocycles. The number of para-hydroxylation sites is 1. The topological polar surface area (TPSA) is 84.9 Å². The van der Waals surface area contributed by atoms with Gasteiger partial charge in [0, 0.05) is 11.5 Å². The molecule has 30 heavy (non-hydrogen) atoms. The Labute approximate surface area is 174 Å². The molecule has 0 spiro atoms. The number of ether oxygens (including phenoxy) is 2. The maximum atomic E-state index is 12.5. The lowest BCUT2D eigenvalue weighted by molar-refractivity contribution is -0.139. The van der Waals surface area contributed by atoms with Gasteiger partial charge < -0.3 is 19.9 Å². The number of benzene rings is 3. The number of methoxy groups -OCH3 is 1. The monoisotopic (exact) mass is 403 g/mol. The number of fused-ring (bicyclic) bond motifs is 3. The fourth-order valence-corrected chi connectivity index (χ4v) is 3.94. The second-order valence-corrected chi connectivity index (χ2v) is 6.98. The maximum Gasteiger partial charge on any atom is 0.408 e. The first-order valence-corrected chi connectivity index (χ1v) is 9.57. The molecule has 152 valence electrons. The van der Waals surface area contributed by atoms with E-state index in [0.29, 0.717) is 11.3 Å². The summed E-state index contributed by atoms with van der Waals surface area (Å²) in [5.41, 5.74) is 4.78. The Bertz CT molecular complexity index is 1050. The minimum atomic E-state index is -1.28. The third kappa shape index (κ3) is 3.59. The highest BCUT2D eigenvalue weighted by Crippen LogP contribution is 2.44. The van der Waals surface area contributed by atoms with Crippen molar-refractivity contribution in [3.05, 3.63) is 89.5 Å². The van der Waals surface area contributed by atoms with E-state index in [9.17, 15) is 14.7 Å². The van der Waals surface area contributed by atoms with Gasteiger partial charge in [0.1, 0.15) is 12.4 Å². The zero-order valence-corrected chi connectivity index (χ0v) is 16.4. The number of carbonyl (C=O) groups is 2. The van der Waals surface area contributed by atoms with Crippen molar-refractivity contribution in [2.45, 2.75) is 12.0 Å². The maximum absolute atomic E-state index is 12.5. The summed E-state index contributed by atoms with van der Waals surface area (Å²) < 4.78 is 10.7. The van der Waals surface area contributed by atoms with Crippen LogP contribution in [0, 0.1) is 0 Å². The summed E-state index contributed by atoms with van der Waals surface area (Å²) >= 11 is 0. The van der Waals surface area contributed by atoms with Crippen molar-refractivity contribution in [3.63, 3.8) is 0 Å². The lowest BCUT2D eigenvalue weighted by Gasteiger charge is -2.19. The quantitative estimate of drug-likeness (QED) is 0.639. The Morgan fingerprint density at radius 1 is 0.933 bits per heavy atom. The Balaban J connectivity index is 1.50. The minimum Gasteiger partial charge on any atom is -0.496 e. The zero-order valence-electron chi connectivity index (χ0n) is 16.4. The molecule has 6 nitrogen and oxygen atoms in total. The van der Waals surface area contributed by atoms with Crippen LogP contribution in [0.2, 0.25) is 0 Å². The molecular formula is C24H21NO5. The molecule has 1 aliphatic rings. The fourth-order valence-electron chi connectivity index (χ4n) is 3.94. The smallest absolute Gasteiger partial charge is 0.408 e. The van der Waals surface area contributed by atoms with Crippen LogP contribution in [0.25, 0.3) is 11.1 Å². The number of alkyl carbamates (subject to hydrolysis) is 1. The van der Waals surface area contributed by atoms with Gasteiger partial charge in [-0.1, -0.05) is 66.7 Å². The van der Waals surface area contributed by atoms with E-state index < -0.39 is 18.1 Å². The van der Waals surface area contributed by atoms with Crippen LogP contribution in [0.15, 0.2) is 72.8 Å². The second kappa shape index (κ2) is 8.29. The van der Waals surface area contributed by atoms with Gasteiger partial charge in [0.05, 0.1) is 7.11 Å². The molecule has 4 rings (SSSR count). The Morgan fingerprint density at radius 3 is 2.10 bits per heavy atom. The van der Waals surface area contributed by atoms with E-state index in [-0.39, 0.29) is 12.5 Å². The lowest BCUT2D eigenvalue weighted by Crippen LogP contribution is -2.35. The summed E-state index contributed by atoms with van der Waals surface area (Å²) in [6.45, 7) is 0.109. The van der Waals surface area contributed by atoms with Crippen molar-refractivity contribution in [1.29, 1.82) is 0 Å². The van der Waals surface area contributed by atoms with Gasteiger partial charge in [0.25, 0.3) is 0 Å². The van der Waals surface area contributed by atoms with Crippen LogP contribution in [0.4, 0.5) is 4.79 Å². The van der Waals surface area contributed by atoms with Gasteiger partial charge in [-0.25, -0.2) is 9.59 Å². The SMILES string of the molecule is COc1ccccc1[C@H](NC(=O)OCC1c2ccccc2-c2ccccc21)C(=O)O. The highest BCUT2D eigenvalue weighted by molar-refractivity contribution is 5.82. The molecule has 0 saturated heterocycles. The van der Waals surface area contributed by atoms with Crippen LogP contribution in [0.1, 0.15) is 28.7 Å². The first-order chi connectivity index (χ1) is 14.6. The van der Waals surface area contributed by atoms with Gasteiger partial charge in [0.2, 0.25) is 0 Å². The van der Waals surface area contributed by atoms with Crippen LogP contribution in [0.5, 0.6) is 5.75 Å². The molecule has 3 aromatic carbocycles. The van der Waals surface area contributed by atoms with E-state index in [4.69, 9.17) is 9.47 Å². The number of nitrogens with one attached hydrogen (secondary N) is 1. The third-order valence-corrected chi connectivity index (χ3v) is 5.30. The largest absolute Gasteiger partial charge is 0.496 e. The van der Waals surface area contributed by atoms with Crippen LogP contribution in [-0.4, -0.2) is 30.9 Å². The van der Waals surface area contributed by atoms with Crippen molar-refractivity contribution in [3.8, 4) is 16.9 Å². The lowest BCUT2D eigenvalue weighted by atomic mass is 9.98. The summed E-state index contributed by atoms with van der Waals surface area (Å²) in [7, 11) is 1.45. The van der Waals surface area contributed by atoms with E-state index in [0.717, 1.165) is 22.3 Å². The first kappa shape index (κ1) is 19.5. The third-order valence-electron chi connectivity index (χ3n) is 5.30. The first-order valence-electron chi connectivity index (χ1n) is 9.57. The number of hydrogen-bond donors (Lipinski definition) is 2. The Kier molecular flexibility index (Phi) is 5.39. The van der Waals surface area contributed by atoms with Gasteiger partial charge >= 0.3 is 12.1 Å². The number of aliphatic carboxylic acids is 1. The molecule has 1 aliphatic carbocycles. The van der Waals surface area contributed by atoms with Crippen LogP contribution < -0.4 is 10.1 Å². The van der Waals surface area contributed by atoms with Crippen molar-refractivity contribution in [1.82, 2.24) is 5.32 Å². The highest BCUT2D eigenvalue weighted by Gasteiger charge is 2.30. The summed E-state index contributed by atoms with van der Waals surface area (Å²) in [5, 5.41) is 12.0. The molecule has 0 bridgehead atoms. The molecule has 0 radical (unpaired) electrons. The van der Waals surface area contributed by atoms with Gasteiger partial charge in [-0.2, -0.15) is 0 Å². The van der Waals surface area contributed by atoms with Gasteiger partial charge in [-0.05, 0) is 28.3 Å². The minimum absolute atomic E-state index is 0.0994. The summed E-state index contributed by atoms with van der Waals surface area (Å²) in [4.78, 5) is 24.2. The number of carbonyl (C=O) groups excluding carboxylic acids is 1. The molecule has 3 aromatic rings. The number of carboxylic acids is 1. The van der Waals surface area contributed by atoms with E-state index in [1.54, 1.807) is 24.3 Å². The van der Waals surface area contributed by atoms with E-state index in [1.807, 2.05) is 36.4 Å². The van der Waals surface area contributed by atoms with E-state index >= 15 is 0 Å². The fraction of sp³-hybridized carbons (Fsp3) is 0.167. The average molecular weight is 403 g/mol. The molecule has 0 unspecified atom stereocenters. The molecule has 1 amide bonds. The van der Waals surface area contributed by atoms with Crippen LogP contribution in [0.3, 0.4) is 0 Å². The second-order valence-electron chi connectivity index (χ2n) is 6.98. The van der Waals surface area contributed by atoms with Gasteiger partial charge in [-0.3, -0.25) is 0 Å². The van der Waals surface area contributed by atoms with Crippen molar-refractivity contribution in [2.75, 3.05) is 13.7 Å². The van der Waals surface area contributed by atoms with Crippen molar-refractivity contribution < 1.29 is 24.2 Å². The van der Waals surface area contributed by atoms with Gasteiger partial charge in [-0.15, -0.1) is 0 Å². The molecule has 0 aromatic heterocycles. The van der Waals surface area contributed by atoms with E-state index in [1.165, 1.54) is 7.11 Å². The summed E-state index contributed by atoms with van der Waals surface area (Å²) in [6.07, 6.45) is -0.796. The molecular weight excluding hydrogens is 382 g/mol. The molecule has 0 fully saturated rings. The van der Waals surface area contributed by atoms with Crippen molar-refractivity contribution >= 4 is 12.1 Å². The predicted octanol–water partition coefficient (Wildman–Crippen LogP) is 4.36. The van der Waals surface area contributed by atoms with Crippen LogP contribution in [-0.2, 0) is 9.53 Å². The normalized spacial score (nSPS) is 13.1. The number of amides is 1. The Hall–Kier alpha value is -3.80. The number of rotatable bonds is 6. The number of carboxylic acid groups (broad SMARTS) is 1. The van der Waals surface area contributed by atoms with E-state index in [2.05, 4.69) is 17.4 Å². The highest BCUT2D eigenvalue weighted by atomic mass is 16.5. The van der Waals surface area contributed by atoms with Crippen molar-refractivity contribution in [2.24, 2.45) is 0 Å². The standard InChI is InChI=1S/C24H21NO5/c1-29-21-13-7-6-12-19(21)22(23(26)27)25-24(28)30-14-20-17-10-4-2-8-15(17)16-9-3-5-11-18(16)20/h2-13,20,22H,14H2,1H3,(H,25,28)(H,26,27)/t22-/m0/s1. The Morgan fingerprint density at radius 2 is 1.50 bits per heavy atom. The van der Waals surface area contributed by atoms with Crippen LogP contribution >= 0.6 is 0 Å². The number of hydrogen-bond acceptors (Lipinski definition) is 4. The van der Waals surface area contributed by atoms with Gasteiger partial charge in [0.15, 0.2) is 6.04 Å². The molecule has 0 saturated carbocycles. The molecule has 1 atom stereocenters. The average Bonchev–Trinajstić information content (AvgIpc) is 3.09. The molecule has 0 heterocycles. The molecule has 6 heteroatoms. The molecule has 2 N–H and O–H groups in total. The zero-order chi connectivity index (χ0) is 21.1.